The minimum atomic E-state index is -1.61. The Kier molecular flexibility index (Phi) is 6.24. The summed E-state index contributed by atoms with van der Waals surface area (Å²) in [4.78, 5) is 38.9. The van der Waals surface area contributed by atoms with Crippen LogP contribution in [0.2, 0.25) is 0 Å². The normalized spacial score (nSPS) is 25.4. The van der Waals surface area contributed by atoms with Gasteiger partial charge in [0.05, 0.1) is 23.2 Å². The van der Waals surface area contributed by atoms with Crippen LogP contribution in [0, 0.1) is 23.7 Å². The second kappa shape index (κ2) is 10.00. The van der Waals surface area contributed by atoms with Gasteiger partial charge in [0.2, 0.25) is 11.8 Å². The number of nitrogens with zero attached hydrogens (tertiary/aromatic N) is 3. The van der Waals surface area contributed by atoms with Crippen LogP contribution in [0.15, 0.2) is 127 Å². The van der Waals surface area contributed by atoms with Gasteiger partial charge in [0.1, 0.15) is 0 Å². The Hall–Kier alpha value is -4.68. The number of hydrogen-bond acceptors (Lipinski definition) is 5. The van der Waals surface area contributed by atoms with Gasteiger partial charge in [-0.3, -0.25) is 24.5 Å². The summed E-state index contributed by atoms with van der Waals surface area (Å²) in [6, 6.07) is 30.5. The van der Waals surface area contributed by atoms with Gasteiger partial charge in [-0.05, 0) is 60.4 Å². The zero-order valence-electron chi connectivity index (χ0n) is 23.5. The van der Waals surface area contributed by atoms with Crippen LogP contribution >= 0.6 is 0 Å². The molecule has 208 valence electrons. The first kappa shape index (κ1) is 26.2. The first-order chi connectivity index (χ1) is 20.4. The Morgan fingerprint density at radius 1 is 0.786 bits per heavy atom. The lowest BCUT2D eigenvalue weighted by molar-refractivity contribution is -0.142. The molecule has 1 saturated heterocycles. The number of pyridine rings is 2. The van der Waals surface area contributed by atoms with Crippen molar-refractivity contribution in [2.24, 2.45) is 23.7 Å². The lowest BCUT2D eigenvalue weighted by Gasteiger charge is -2.36. The van der Waals surface area contributed by atoms with Gasteiger partial charge in [0, 0.05) is 35.8 Å². The van der Waals surface area contributed by atoms with Gasteiger partial charge in [-0.25, -0.2) is 0 Å². The summed E-state index contributed by atoms with van der Waals surface area (Å²) in [6.45, 7) is 3.75. The molecule has 1 saturated carbocycles. The molecule has 2 amide bonds. The molecule has 1 aliphatic heterocycles. The predicted octanol–water partition coefficient (Wildman–Crippen LogP) is 5.41. The van der Waals surface area contributed by atoms with Crippen molar-refractivity contribution in [3.05, 3.63) is 149 Å². The van der Waals surface area contributed by atoms with E-state index in [0.29, 0.717) is 16.8 Å². The van der Waals surface area contributed by atoms with E-state index in [-0.39, 0.29) is 23.8 Å². The molecule has 3 aliphatic rings. The van der Waals surface area contributed by atoms with Crippen molar-refractivity contribution in [1.29, 1.82) is 0 Å². The topological polar surface area (TPSA) is 83.4 Å². The molecule has 2 aromatic heterocycles. The zero-order chi connectivity index (χ0) is 29.0. The van der Waals surface area contributed by atoms with E-state index in [0.717, 1.165) is 22.4 Å². The SMILES string of the molecule is CC(C)N1C(=O)C2C3C=C(C(O)(c4ccccc4)c4ccccn4)C(C3=C(c3ccccc3)c3ccccn3)C2C1=O. The molecule has 0 spiro atoms. The number of likely N-dealkylation sites (tertiary alicyclic amines) is 1. The van der Waals surface area contributed by atoms with E-state index in [9.17, 15) is 14.7 Å². The summed E-state index contributed by atoms with van der Waals surface area (Å²) in [7, 11) is 0. The zero-order valence-corrected chi connectivity index (χ0v) is 23.5. The molecule has 2 aromatic carbocycles. The van der Waals surface area contributed by atoms with Gasteiger partial charge in [0.25, 0.3) is 0 Å². The summed E-state index contributed by atoms with van der Waals surface area (Å²) in [5.74, 6) is -2.39. The number of benzene rings is 2. The van der Waals surface area contributed by atoms with Crippen LogP contribution in [-0.2, 0) is 15.2 Å². The maximum Gasteiger partial charge on any atom is 0.234 e. The highest BCUT2D eigenvalue weighted by Gasteiger charge is 2.67. The van der Waals surface area contributed by atoms with Crippen LogP contribution < -0.4 is 0 Å². The molecule has 1 N–H and O–H groups in total. The Morgan fingerprint density at radius 3 is 2.02 bits per heavy atom. The Bertz CT molecular complexity index is 1640. The number of aliphatic hydroxyl groups is 1. The van der Waals surface area contributed by atoms with Gasteiger partial charge >= 0.3 is 0 Å². The molecule has 42 heavy (non-hydrogen) atoms. The molecule has 7 rings (SSSR count). The van der Waals surface area contributed by atoms with Crippen LogP contribution in [0.5, 0.6) is 0 Å². The smallest absolute Gasteiger partial charge is 0.234 e. The third-order valence-corrected chi connectivity index (χ3v) is 9.00. The van der Waals surface area contributed by atoms with Crippen LogP contribution in [0.1, 0.15) is 36.4 Å². The van der Waals surface area contributed by atoms with E-state index in [2.05, 4.69) is 4.98 Å². The minimum absolute atomic E-state index is 0.144. The average Bonchev–Trinajstić information content (AvgIpc) is 3.65. The number of carbonyl (C=O) groups excluding carboxylic acids is 2. The van der Waals surface area contributed by atoms with Crippen molar-refractivity contribution in [1.82, 2.24) is 14.9 Å². The average molecular weight is 554 g/mol. The summed E-state index contributed by atoms with van der Waals surface area (Å²) < 4.78 is 0. The van der Waals surface area contributed by atoms with Crippen molar-refractivity contribution < 1.29 is 14.7 Å². The molecule has 2 fully saturated rings. The fourth-order valence-electron chi connectivity index (χ4n) is 7.38. The first-order valence-electron chi connectivity index (χ1n) is 14.4. The van der Waals surface area contributed by atoms with E-state index < -0.39 is 23.4 Å². The minimum Gasteiger partial charge on any atom is -0.375 e. The number of hydrogen-bond donors (Lipinski definition) is 1. The number of fused-ring (bicyclic) bond motifs is 5. The third-order valence-electron chi connectivity index (χ3n) is 9.00. The van der Waals surface area contributed by atoms with E-state index in [1.165, 1.54) is 4.90 Å². The highest BCUT2D eigenvalue weighted by Crippen LogP contribution is 2.64. The summed E-state index contributed by atoms with van der Waals surface area (Å²) in [5.41, 5.74) is 3.80. The van der Waals surface area contributed by atoms with Crippen LogP contribution in [-0.4, -0.2) is 37.8 Å². The molecular weight excluding hydrogens is 522 g/mol. The number of rotatable bonds is 6. The maximum absolute atomic E-state index is 14.2. The van der Waals surface area contributed by atoms with Crippen molar-refractivity contribution >= 4 is 17.4 Å². The van der Waals surface area contributed by atoms with Gasteiger partial charge in [-0.15, -0.1) is 0 Å². The Balaban J connectivity index is 1.53. The van der Waals surface area contributed by atoms with E-state index >= 15 is 0 Å². The lowest BCUT2D eigenvalue weighted by atomic mass is 9.71. The first-order valence-corrected chi connectivity index (χ1v) is 14.4. The molecule has 2 bridgehead atoms. The summed E-state index contributed by atoms with van der Waals surface area (Å²) >= 11 is 0. The maximum atomic E-state index is 14.2. The van der Waals surface area contributed by atoms with Crippen molar-refractivity contribution in [2.75, 3.05) is 0 Å². The fraction of sp³-hybridized carbons (Fsp3) is 0.222. The van der Waals surface area contributed by atoms with Crippen LogP contribution in [0.3, 0.4) is 0 Å². The molecule has 0 radical (unpaired) electrons. The third kappa shape index (κ3) is 3.75. The highest BCUT2D eigenvalue weighted by molar-refractivity contribution is 6.08. The number of allylic oxidation sites excluding steroid dienone is 2. The number of amides is 2. The predicted molar refractivity (Wildman–Crippen MR) is 159 cm³/mol. The van der Waals surface area contributed by atoms with Crippen molar-refractivity contribution in [3.63, 3.8) is 0 Å². The van der Waals surface area contributed by atoms with Crippen LogP contribution in [0.4, 0.5) is 0 Å². The van der Waals surface area contributed by atoms with Crippen molar-refractivity contribution in [3.8, 4) is 0 Å². The largest absolute Gasteiger partial charge is 0.375 e. The standard InChI is InChI=1S/C36H31N3O3/c1-22(2)39-34(40)31-25-21-26(36(42,24-15-7-4-8-16-24)28-18-10-12-20-38-28)32(33(31)35(39)41)30(25)29(23-13-5-3-6-14-23)27-17-9-11-19-37-27/h3-22,25,31-33,42H,1-2H3. The van der Waals surface area contributed by atoms with E-state index in [1.54, 1.807) is 12.4 Å². The lowest BCUT2D eigenvalue weighted by Crippen LogP contribution is -2.40. The molecular formula is C36H31N3O3. The highest BCUT2D eigenvalue weighted by atomic mass is 16.3. The summed E-state index contributed by atoms with van der Waals surface area (Å²) in [5, 5.41) is 12.9. The second-order valence-corrected chi connectivity index (χ2v) is 11.5. The van der Waals surface area contributed by atoms with E-state index in [1.807, 2.05) is 117 Å². The monoisotopic (exact) mass is 553 g/mol. The van der Waals surface area contributed by atoms with E-state index in [4.69, 9.17) is 4.98 Å². The quantitative estimate of drug-likeness (QED) is 0.255. The number of carbonyl (C=O) groups is 2. The molecule has 6 heteroatoms. The van der Waals surface area contributed by atoms with Gasteiger partial charge in [0.15, 0.2) is 5.60 Å². The Labute approximate surface area is 245 Å². The van der Waals surface area contributed by atoms with Gasteiger partial charge in [-0.2, -0.15) is 0 Å². The molecule has 4 aromatic rings. The fourth-order valence-corrected chi connectivity index (χ4v) is 7.38. The molecule has 5 unspecified atom stereocenters. The number of imide groups is 1. The van der Waals surface area contributed by atoms with Gasteiger partial charge < -0.3 is 5.11 Å². The van der Waals surface area contributed by atoms with Crippen molar-refractivity contribution in [2.45, 2.75) is 25.5 Å². The second-order valence-electron chi connectivity index (χ2n) is 11.5. The molecule has 2 aliphatic carbocycles. The molecule has 5 atom stereocenters. The Morgan fingerprint density at radius 2 is 1.40 bits per heavy atom. The van der Waals surface area contributed by atoms with Gasteiger partial charge in [-0.1, -0.05) is 78.9 Å². The molecule has 3 heterocycles. The van der Waals surface area contributed by atoms with Crippen LogP contribution in [0.25, 0.3) is 5.57 Å². The summed E-state index contributed by atoms with van der Waals surface area (Å²) in [6.07, 6.45) is 5.48. The molecule has 6 nitrogen and oxygen atoms in total. The number of aromatic nitrogens is 2.